The quantitative estimate of drug-likeness (QED) is 0.457. The number of rotatable bonds is 4. The first-order valence-electron chi connectivity index (χ1n) is 10.4. The maximum absolute atomic E-state index is 12.9. The third kappa shape index (κ3) is 4.27. The molecule has 0 radical (unpaired) electrons. The molecule has 9 heteroatoms. The van der Waals surface area contributed by atoms with Crippen molar-refractivity contribution in [1.29, 1.82) is 0 Å². The number of nitrogens with zero attached hydrogens (tertiary/aromatic N) is 5. The maximum Gasteiger partial charge on any atom is 0.332 e. The summed E-state index contributed by atoms with van der Waals surface area (Å²) >= 11 is 1.23. The fourth-order valence-electron chi connectivity index (χ4n) is 3.79. The first kappa shape index (κ1) is 21.3. The number of aromatic nitrogens is 4. The summed E-state index contributed by atoms with van der Waals surface area (Å²) in [6, 6.07) is 9.39. The maximum atomic E-state index is 12.9. The zero-order valence-corrected chi connectivity index (χ0v) is 18.5. The summed E-state index contributed by atoms with van der Waals surface area (Å²) in [6.07, 6.45) is 4.34. The Hall–Kier alpha value is -2.94. The number of hydrogen-bond donors (Lipinski definition) is 0. The van der Waals surface area contributed by atoms with Crippen LogP contribution in [0.2, 0.25) is 0 Å². The summed E-state index contributed by atoms with van der Waals surface area (Å²) in [7, 11) is 3.02. The van der Waals surface area contributed by atoms with Crippen molar-refractivity contribution in [3.05, 3.63) is 51.2 Å². The molecule has 2 aromatic heterocycles. The highest BCUT2D eigenvalue weighted by atomic mass is 32.2. The van der Waals surface area contributed by atoms with E-state index in [2.05, 4.69) is 9.97 Å². The van der Waals surface area contributed by atoms with Crippen molar-refractivity contribution in [2.24, 2.45) is 14.1 Å². The highest BCUT2D eigenvalue weighted by molar-refractivity contribution is 8.00. The molecule has 162 valence electrons. The summed E-state index contributed by atoms with van der Waals surface area (Å²) in [6.45, 7) is 1.55. The van der Waals surface area contributed by atoms with E-state index in [0.717, 1.165) is 48.9 Å². The molecule has 4 rings (SSSR count). The molecule has 0 unspecified atom stereocenters. The van der Waals surface area contributed by atoms with E-state index in [0.29, 0.717) is 10.9 Å². The van der Waals surface area contributed by atoms with Crippen molar-refractivity contribution in [2.45, 2.75) is 30.7 Å². The number of likely N-dealkylation sites (tertiary alicyclic amines) is 1. The number of hydrogen-bond acceptors (Lipinski definition) is 6. The van der Waals surface area contributed by atoms with E-state index in [1.54, 1.807) is 7.05 Å². The molecule has 1 saturated heterocycles. The van der Waals surface area contributed by atoms with Crippen LogP contribution in [0.25, 0.3) is 22.4 Å². The minimum Gasteiger partial charge on any atom is -0.342 e. The molecular formula is C22H25N5O3S. The third-order valence-corrected chi connectivity index (χ3v) is 6.55. The molecule has 31 heavy (non-hydrogen) atoms. The molecule has 1 amide bonds. The van der Waals surface area contributed by atoms with Crippen molar-refractivity contribution in [3.63, 3.8) is 0 Å². The van der Waals surface area contributed by atoms with Gasteiger partial charge in [-0.05, 0) is 12.8 Å². The minimum atomic E-state index is -0.456. The SMILES string of the molecule is Cn1c(=O)c2c(SCC(=O)N3CCCCCC3)nc(-c3ccccc3)nc2n(C)c1=O. The van der Waals surface area contributed by atoms with E-state index in [9.17, 15) is 14.4 Å². The van der Waals surface area contributed by atoms with Crippen LogP contribution in [0.3, 0.4) is 0 Å². The Bertz CT molecular complexity index is 1230. The van der Waals surface area contributed by atoms with Gasteiger partial charge in [-0.3, -0.25) is 18.7 Å². The zero-order chi connectivity index (χ0) is 22.0. The molecule has 8 nitrogen and oxygen atoms in total. The van der Waals surface area contributed by atoms with Crippen molar-refractivity contribution in [2.75, 3.05) is 18.8 Å². The number of amides is 1. The van der Waals surface area contributed by atoms with Crippen LogP contribution in [0, 0.1) is 0 Å². The largest absolute Gasteiger partial charge is 0.342 e. The molecule has 3 heterocycles. The van der Waals surface area contributed by atoms with Crippen molar-refractivity contribution >= 4 is 28.7 Å². The monoisotopic (exact) mass is 439 g/mol. The summed E-state index contributed by atoms with van der Waals surface area (Å²) in [4.78, 5) is 49.3. The van der Waals surface area contributed by atoms with Gasteiger partial charge in [0.2, 0.25) is 5.91 Å². The predicted molar refractivity (Wildman–Crippen MR) is 121 cm³/mol. The van der Waals surface area contributed by atoms with Gasteiger partial charge in [0.15, 0.2) is 11.5 Å². The normalized spacial score (nSPS) is 14.6. The fraction of sp³-hybridized carbons (Fsp3) is 0.409. The molecule has 0 bridgehead atoms. The van der Waals surface area contributed by atoms with E-state index >= 15 is 0 Å². The second-order valence-electron chi connectivity index (χ2n) is 7.71. The average Bonchev–Trinajstić information content (AvgIpc) is 3.09. The van der Waals surface area contributed by atoms with Gasteiger partial charge in [-0.25, -0.2) is 14.8 Å². The van der Waals surface area contributed by atoms with Crippen molar-refractivity contribution in [3.8, 4) is 11.4 Å². The van der Waals surface area contributed by atoms with Crippen LogP contribution < -0.4 is 11.2 Å². The number of carbonyl (C=O) groups excluding carboxylic acids is 1. The molecule has 0 N–H and O–H groups in total. The van der Waals surface area contributed by atoms with Crippen LogP contribution in [0.5, 0.6) is 0 Å². The van der Waals surface area contributed by atoms with E-state index in [1.807, 2.05) is 35.2 Å². The van der Waals surface area contributed by atoms with Gasteiger partial charge < -0.3 is 4.90 Å². The lowest BCUT2D eigenvalue weighted by atomic mass is 10.2. The number of aryl methyl sites for hydroxylation is 1. The third-order valence-electron chi connectivity index (χ3n) is 5.59. The first-order valence-corrected chi connectivity index (χ1v) is 11.4. The highest BCUT2D eigenvalue weighted by Crippen LogP contribution is 2.26. The Morgan fingerprint density at radius 3 is 2.32 bits per heavy atom. The van der Waals surface area contributed by atoms with Crippen LogP contribution in [0.15, 0.2) is 44.9 Å². The number of fused-ring (bicyclic) bond motifs is 1. The van der Waals surface area contributed by atoms with Crippen LogP contribution in [-0.4, -0.2) is 48.8 Å². The molecule has 0 spiro atoms. The number of benzene rings is 1. The lowest BCUT2D eigenvalue weighted by molar-refractivity contribution is -0.128. The Balaban J connectivity index is 1.78. The highest BCUT2D eigenvalue weighted by Gasteiger charge is 2.21. The van der Waals surface area contributed by atoms with Crippen molar-refractivity contribution in [1.82, 2.24) is 24.0 Å². The van der Waals surface area contributed by atoms with Gasteiger partial charge in [0, 0.05) is 32.7 Å². The van der Waals surface area contributed by atoms with E-state index in [1.165, 1.54) is 23.4 Å². The van der Waals surface area contributed by atoms with Crippen LogP contribution >= 0.6 is 11.8 Å². The molecule has 1 fully saturated rings. The summed E-state index contributed by atoms with van der Waals surface area (Å²) in [5, 5.41) is 0.682. The minimum absolute atomic E-state index is 0.0431. The Labute approximate surface area is 183 Å². The Kier molecular flexibility index (Phi) is 6.22. The van der Waals surface area contributed by atoms with E-state index in [-0.39, 0.29) is 22.7 Å². The molecule has 1 aliphatic heterocycles. The molecule has 0 saturated carbocycles. The fourth-order valence-corrected chi connectivity index (χ4v) is 4.71. The lowest BCUT2D eigenvalue weighted by Gasteiger charge is -2.20. The second kappa shape index (κ2) is 9.05. The van der Waals surface area contributed by atoms with Gasteiger partial charge >= 0.3 is 5.69 Å². The molecule has 3 aromatic rings. The Morgan fingerprint density at radius 1 is 0.968 bits per heavy atom. The Morgan fingerprint density at radius 2 is 1.65 bits per heavy atom. The van der Waals surface area contributed by atoms with Crippen LogP contribution in [-0.2, 0) is 18.9 Å². The summed E-state index contributed by atoms with van der Waals surface area (Å²) in [5.74, 6) is 0.648. The van der Waals surface area contributed by atoms with Gasteiger partial charge in [0.05, 0.1) is 5.75 Å². The second-order valence-corrected chi connectivity index (χ2v) is 8.67. The van der Waals surface area contributed by atoms with Gasteiger partial charge in [-0.1, -0.05) is 54.9 Å². The molecule has 1 aliphatic rings. The average molecular weight is 440 g/mol. The van der Waals surface area contributed by atoms with Gasteiger partial charge in [-0.15, -0.1) is 0 Å². The van der Waals surface area contributed by atoms with E-state index in [4.69, 9.17) is 0 Å². The number of carbonyl (C=O) groups is 1. The molecule has 0 aliphatic carbocycles. The lowest BCUT2D eigenvalue weighted by Crippen LogP contribution is -2.38. The van der Waals surface area contributed by atoms with Gasteiger partial charge in [0.25, 0.3) is 5.56 Å². The number of thioether (sulfide) groups is 1. The topological polar surface area (TPSA) is 90.1 Å². The van der Waals surface area contributed by atoms with Crippen LogP contribution in [0.1, 0.15) is 25.7 Å². The zero-order valence-electron chi connectivity index (χ0n) is 17.7. The van der Waals surface area contributed by atoms with Gasteiger partial charge in [0.1, 0.15) is 10.4 Å². The smallest absolute Gasteiger partial charge is 0.332 e. The molecule has 0 atom stereocenters. The molecular weight excluding hydrogens is 414 g/mol. The van der Waals surface area contributed by atoms with Crippen molar-refractivity contribution < 1.29 is 4.79 Å². The van der Waals surface area contributed by atoms with Crippen LogP contribution in [0.4, 0.5) is 0 Å². The first-order chi connectivity index (χ1) is 15.0. The summed E-state index contributed by atoms with van der Waals surface area (Å²) in [5.41, 5.74) is 0.138. The molecule has 1 aromatic carbocycles. The van der Waals surface area contributed by atoms with Gasteiger partial charge in [-0.2, -0.15) is 0 Å². The summed E-state index contributed by atoms with van der Waals surface area (Å²) < 4.78 is 2.40. The standard InChI is InChI=1S/C22H25N5O3S/c1-25-19-17(21(29)26(2)22(25)30)20(24-18(23-19)15-10-6-5-7-11-15)31-14-16(28)27-12-8-3-4-9-13-27/h5-7,10-11H,3-4,8-9,12-14H2,1-2H3. The predicted octanol–water partition coefficient (Wildman–Crippen LogP) is 2.19. The van der Waals surface area contributed by atoms with E-state index < -0.39 is 11.2 Å².